The third kappa shape index (κ3) is 6.84. The molecular weight excluding hydrogens is 424 g/mol. The summed E-state index contributed by atoms with van der Waals surface area (Å²) in [5, 5.41) is 21.5. The SMILES string of the molecule is CC[C@H](C(=O)Nc1ccc(Oc2ccc(C#N)c(OC(C)C)c2)nc1)N(C(=O)O)C(C)(C)C. The number of anilines is 1. The van der Waals surface area contributed by atoms with Crippen molar-refractivity contribution in [1.29, 1.82) is 5.26 Å². The van der Waals surface area contributed by atoms with Gasteiger partial charge in [-0.25, -0.2) is 9.78 Å². The highest BCUT2D eigenvalue weighted by Crippen LogP contribution is 2.29. The molecule has 2 rings (SSSR count). The van der Waals surface area contributed by atoms with Gasteiger partial charge in [0.25, 0.3) is 0 Å². The molecule has 9 nitrogen and oxygen atoms in total. The maximum atomic E-state index is 12.8. The minimum atomic E-state index is -1.16. The summed E-state index contributed by atoms with van der Waals surface area (Å²) >= 11 is 0. The Morgan fingerprint density at radius 2 is 1.94 bits per heavy atom. The molecule has 1 atom stereocenters. The Morgan fingerprint density at radius 1 is 1.24 bits per heavy atom. The molecule has 1 heterocycles. The first-order chi connectivity index (χ1) is 15.5. The molecule has 0 saturated heterocycles. The van der Waals surface area contributed by atoms with Gasteiger partial charge in [-0.2, -0.15) is 5.26 Å². The molecule has 0 aliphatic carbocycles. The first-order valence-corrected chi connectivity index (χ1v) is 10.6. The second kappa shape index (κ2) is 10.7. The minimum absolute atomic E-state index is 0.101. The van der Waals surface area contributed by atoms with E-state index < -0.39 is 23.6 Å². The lowest BCUT2D eigenvalue weighted by atomic mass is 10.0. The lowest BCUT2D eigenvalue weighted by molar-refractivity contribution is -0.122. The largest absolute Gasteiger partial charge is 0.489 e. The number of nitrogens with one attached hydrogen (secondary N) is 1. The number of carbonyl (C=O) groups excluding carboxylic acids is 1. The van der Waals surface area contributed by atoms with Gasteiger partial charge in [-0.05, 0) is 59.2 Å². The van der Waals surface area contributed by atoms with Crippen LogP contribution in [0.2, 0.25) is 0 Å². The standard InChI is InChI=1S/C24H30N4O5/c1-7-19(28(23(30)31)24(4,5)6)22(29)27-17-9-11-21(26-14-17)33-18-10-8-16(13-25)20(12-18)32-15(2)3/h8-12,14-15,19H,7H2,1-6H3,(H,27,29)(H,30,31)/t19-/m1/s1. The molecule has 0 spiro atoms. The number of ether oxygens (including phenoxy) is 2. The van der Waals surface area contributed by atoms with Crippen LogP contribution in [0.15, 0.2) is 36.5 Å². The average molecular weight is 455 g/mol. The quantitative estimate of drug-likeness (QED) is 0.573. The van der Waals surface area contributed by atoms with E-state index in [2.05, 4.69) is 16.4 Å². The molecule has 9 heteroatoms. The number of aromatic nitrogens is 1. The van der Waals surface area contributed by atoms with Crippen LogP contribution in [0, 0.1) is 11.3 Å². The van der Waals surface area contributed by atoms with Crippen LogP contribution in [0.3, 0.4) is 0 Å². The third-order valence-electron chi connectivity index (χ3n) is 4.59. The topological polar surface area (TPSA) is 125 Å². The molecule has 0 aliphatic rings. The van der Waals surface area contributed by atoms with Crippen molar-refractivity contribution in [2.75, 3.05) is 5.32 Å². The molecule has 0 bridgehead atoms. The summed E-state index contributed by atoms with van der Waals surface area (Å²) in [5.74, 6) is 0.707. The highest BCUT2D eigenvalue weighted by molar-refractivity contribution is 5.96. The van der Waals surface area contributed by atoms with Gasteiger partial charge in [-0.15, -0.1) is 0 Å². The van der Waals surface area contributed by atoms with Gasteiger partial charge in [0.05, 0.1) is 23.6 Å². The first kappa shape index (κ1) is 25.5. The van der Waals surface area contributed by atoms with E-state index >= 15 is 0 Å². The van der Waals surface area contributed by atoms with Crippen molar-refractivity contribution in [3.05, 3.63) is 42.1 Å². The Balaban J connectivity index is 2.13. The van der Waals surface area contributed by atoms with Crippen LogP contribution in [0.1, 0.15) is 53.5 Å². The third-order valence-corrected chi connectivity index (χ3v) is 4.59. The molecule has 1 aromatic heterocycles. The monoisotopic (exact) mass is 454 g/mol. The number of amides is 2. The van der Waals surface area contributed by atoms with Crippen molar-refractivity contribution < 1.29 is 24.2 Å². The molecular formula is C24H30N4O5. The van der Waals surface area contributed by atoms with Crippen LogP contribution >= 0.6 is 0 Å². The van der Waals surface area contributed by atoms with E-state index in [0.29, 0.717) is 29.2 Å². The number of benzene rings is 1. The van der Waals surface area contributed by atoms with E-state index in [1.807, 2.05) is 13.8 Å². The molecule has 2 amide bonds. The zero-order valence-electron chi connectivity index (χ0n) is 19.7. The molecule has 33 heavy (non-hydrogen) atoms. The predicted octanol–water partition coefficient (Wildman–Crippen LogP) is 5.03. The molecule has 176 valence electrons. The normalized spacial score (nSPS) is 11.9. The lowest BCUT2D eigenvalue weighted by Crippen LogP contribution is -2.55. The maximum Gasteiger partial charge on any atom is 0.408 e. The Bertz CT molecular complexity index is 1020. The Labute approximate surface area is 193 Å². The van der Waals surface area contributed by atoms with Crippen LogP contribution in [0.25, 0.3) is 0 Å². The molecule has 1 aromatic carbocycles. The van der Waals surface area contributed by atoms with E-state index in [1.54, 1.807) is 58.0 Å². The van der Waals surface area contributed by atoms with Crippen molar-refractivity contribution >= 4 is 17.7 Å². The Morgan fingerprint density at radius 3 is 2.42 bits per heavy atom. The zero-order valence-corrected chi connectivity index (χ0v) is 19.7. The summed E-state index contributed by atoms with van der Waals surface area (Å²) in [6.45, 7) is 10.7. The van der Waals surface area contributed by atoms with Gasteiger partial charge < -0.3 is 19.9 Å². The highest BCUT2D eigenvalue weighted by atomic mass is 16.5. The predicted molar refractivity (Wildman–Crippen MR) is 124 cm³/mol. The van der Waals surface area contributed by atoms with Gasteiger partial charge in [0.1, 0.15) is 23.6 Å². The summed E-state index contributed by atoms with van der Waals surface area (Å²) < 4.78 is 11.4. The smallest absolute Gasteiger partial charge is 0.408 e. The van der Waals surface area contributed by atoms with Gasteiger partial charge in [0, 0.05) is 17.7 Å². The van der Waals surface area contributed by atoms with Crippen molar-refractivity contribution in [2.45, 2.75) is 65.6 Å². The van der Waals surface area contributed by atoms with Gasteiger partial charge in [0.15, 0.2) is 0 Å². The number of pyridine rings is 1. The zero-order chi connectivity index (χ0) is 24.8. The number of hydrogen-bond acceptors (Lipinski definition) is 6. The molecule has 0 fully saturated rings. The van der Waals surface area contributed by atoms with Crippen LogP contribution in [0.5, 0.6) is 17.4 Å². The van der Waals surface area contributed by atoms with E-state index in [9.17, 15) is 20.0 Å². The summed E-state index contributed by atoms with van der Waals surface area (Å²) in [5.41, 5.74) is 0.0749. The van der Waals surface area contributed by atoms with Crippen LogP contribution in [0.4, 0.5) is 10.5 Å². The molecule has 0 aliphatic heterocycles. The van der Waals surface area contributed by atoms with Crippen molar-refractivity contribution in [1.82, 2.24) is 9.88 Å². The van der Waals surface area contributed by atoms with Crippen LogP contribution in [-0.2, 0) is 4.79 Å². The average Bonchev–Trinajstić information content (AvgIpc) is 2.71. The molecule has 0 saturated carbocycles. The summed E-state index contributed by atoms with van der Waals surface area (Å²) in [7, 11) is 0. The molecule has 0 unspecified atom stereocenters. The van der Waals surface area contributed by atoms with E-state index in [4.69, 9.17) is 9.47 Å². The van der Waals surface area contributed by atoms with Gasteiger partial charge in [-0.1, -0.05) is 6.92 Å². The number of nitrogens with zero attached hydrogens (tertiary/aromatic N) is 3. The lowest BCUT2D eigenvalue weighted by Gasteiger charge is -2.38. The Hall–Kier alpha value is -3.80. The summed E-state index contributed by atoms with van der Waals surface area (Å²) in [4.78, 5) is 29.9. The fraction of sp³-hybridized carbons (Fsp3) is 0.417. The molecule has 0 radical (unpaired) electrons. The van der Waals surface area contributed by atoms with Crippen LogP contribution < -0.4 is 14.8 Å². The Kier molecular flexibility index (Phi) is 8.24. The number of carbonyl (C=O) groups is 2. The van der Waals surface area contributed by atoms with Crippen molar-refractivity contribution in [3.63, 3.8) is 0 Å². The second-order valence-electron chi connectivity index (χ2n) is 8.66. The van der Waals surface area contributed by atoms with Crippen LogP contribution in [-0.4, -0.2) is 44.7 Å². The molecule has 2 N–H and O–H groups in total. The van der Waals surface area contributed by atoms with Crippen molar-refractivity contribution in [2.24, 2.45) is 0 Å². The first-order valence-electron chi connectivity index (χ1n) is 10.6. The van der Waals surface area contributed by atoms with Gasteiger partial charge >= 0.3 is 6.09 Å². The number of hydrogen-bond donors (Lipinski definition) is 2. The van der Waals surface area contributed by atoms with Gasteiger partial charge in [-0.3, -0.25) is 9.69 Å². The maximum absolute atomic E-state index is 12.8. The van der Waals surface area contributed by atoms with E-state index in [0.717, 1.165) is 4.90 Å². The summed E-state index contributed by atoms with van der Waals surface area (Å²) in [6, 6.07) is 9.29. The highest BCUT2D eigenvalue weighted by Gasteiger charge is 2.36. The van der Waals surface area contributed by atoms with E-state index in [1.165, 1.54) is 6.20 Å². The fourth-order valence-electron chi connectivity index (χ4n) is 3.24. The fourth-order valence-corrected chi connectivity index (χ4v) is 3.24. The molecule has 2 aromatic rings. The number of nitriles is 1. The summed E-state index contributed by atoms with van der Waals surface area (Å²) in [6.07, 6.45) is 0.492. The number of rotatable bonds is 8. The van der Waals surface area contributed by atoms with Crippen molar-refractivity contribution in [3.8, 4) is 23.4 Å². The number of carboxylic acid groups (broad SMARTS) is 1. The van der Waals surface area contributed by atoms with Gasteiger partial charge in [0.2, 0.25) is 11.8 Å². The minimum Gasteiger partial charge on any atom is -0.489 e. The van der Waals surface area contributed by atoms with E-state index in [-0.39, 0.29) is 12.0 Å². The second-order valence-corrected chi connectivity index (χ2v) is 8.66.